The maximum Gasteiger partial charge on any atom is 0.170 e. The third-order valence-corrected chi connectivity index (χ3v) is 6.99. The van der Waals surface area contributed by atoms with Crippen LogP contribution in [0.3, 0.4) is 0 Å². The highest BCUT2D eigenvalue weighted by Gasteiger charge is 2.50. The largest absolute Gasteiger partial charge is 0.387 e. The van der Waals surface area contributed by atoms with E-state index < -0.39 is 11.5 Å². The number of carbonyl (C=O) groups is 1. The number of benzene rings is 2. The van der Waals surface area contributed by atoms with Crippen molar-refractivity contribution in [3.05, 3.63) is 71.8 Å². The van der Waals surface area contributed by atoms with Crippen molar-refractivity contribution in [3.63, 3.8) is 0 Å². The minimum absolute atomic E-state index is 0.0559. The first-order valence-corrected chi connectivity index (χ1v) is 11.8. The van der Waals surface area contributed by atoms with Crippen LogP contribution in [0.25, 0.3) is 0 Å². The summed E-state index contributed by atoms with van der Waals surface area (Å²) < 4.78 is 6.02. The average molecular weight is 422 g/mol. The zero-order valence-electron chi connectivity index (χ0n) is 18.4. The standard InChI is InChI=1S/C27H35NO3/c29-26(23-14-7-4-8-15-23)25-24(28-18-9-1-2-10-19-28)16-11-17-27(25,30)21-31-20-22-12-5-3-6-13-22/h3-8,12-15,24-25,30H,1-2,9-11,16-21H2/t24-,25-,27+/m0/s1. The minimum Gasteiger partial charge on any atom is -0.387 e. The second-order valence-electron chi connectivity index (χ2n) is 9.20. The smallest absolute Gasteiger partial charge is 0.170 e. The number of likely N-dealkylation sites (tertiary alicyclic amines) is 1. The Morgan fingerprint density at radius 1 is 0.935 bits per heavy atom. The Kier molecular flexibility index (Phi) is 7.54. The molecule has 166 valence electrons. The van der Waals surface area contributed by atoms with Gasteiger partial charge >= 0.3 is 0 Å². The van der Waals surface area contributed by atoms with Gasteiger partial charge in [0, 0.05) is 11.6 Å². The molecule has 31 heavy (non-hydrogen) atoms. The van der Waals surface area contributed by atoms with Gasteiger partial charge in [-0.05, 0) is 50.8 Å². The van der Waals surface area contributed by atoms with Crippen molar-refractivity contribution in [1.29, 1.82) is 0 Å². The summed E-state index contributed by atoms with van der Waals surface area (Å²) in [5.74, 6) is -0.405. The fourth-order valence-corrected chi connectivity index (χ4v) is 5.40. The van der Waals surface area contributed by atoms with Crippen LogP contribution >= 0.6 is 0 Å². The average Bonchev–Trinajstić information content (AvgIpc) is 3.09. The molecule has 0 bridgehead atoms. The molecule has 2 aliphatic rings. The summed E-state index contributed by atoms with van der Waals surface area (Å²) in [6.07, 6.45) is 7.35. The summed E-state index contributed by atoms with van der Waals surface area (Å²) in [6.45, 7) is 2.67. The molecule has 2 aromatic rings. The number of rotatable bonds is 7. The molecule has 0 radical (unpaired) electrons. The molecule has 0 amide bonds. The maximum absolute atomic E-state index is 13.7. The third-order valence-electron chi connectivity index (χ3n) is 6.99. The Bertz CT molecular complexity index is 817. The molecule has 4 heteroatoms. The Balaban J connectivity index is 1.57. The van der Waals surface area contributed by atoms with Gasteiger partial charge in [-0.15, -0.1) is 0 Å². The van der Waals surface area contributed by atoms with Crippen molar-refractivity contribution in [2.24, 2.45) is 5.92 Å². The van der Waals surface area contributed by atoms with E-state index in [2.05, 4.69) is 4.90 Å². The van der Waals surface area contributed by atoms with Crippen LogP contribution in [0, 0.1) is 5.92 Å². The van der Waals surface area contributed by atoms with Crippen LogP contribution in [0.1, 0.15) is 60.9 Å². The van der Waals surface area contributed by atoms with E-state index in [-0.39, 0.29) is 18.4 Å². The fraction of sp³-hybridized carbons (Fsp3) is 0.519. The van der Waals surface area contributed by atoms with Crippen LogP contribution in [0.4, 0.5) is 0 Å². The number of hydrogen-bond acceptors (Lipinski definition) is 4. The first-order valence-electron chi connectivity index (χ1n) is 11.8. The van der Waals surface area contributed by atoms with Crippen LogP contribution in [0.15, 0.2) is 60.7 Å². The van der Waals surface area contributed by atoms with Gasteiger partial charge in [0.15, 0.2) is 5.78 Å². The van der Waals surface area contributed by atoms with Crippen molar-refractivity contribution >= 4 is 5.78 Å². The number of nitrogens with zero attached hydrogens (tertiary/aromatic N) is 1. The molecule has 3 atom stereocenters. The fourth-order valence-electron chi connectivity index (χ4n) is 5.40. The highest BCUT2D eigenvalue weighted by Crippen LogP contribution is 2.40. The van der Waals surface area contributed by atoms with E-state index in [0.29, 0.717) is 18.6 Å². The number of ether oxygens (including phenoxy) is 1. The van der Waals surface area contributed by atoms with Crippen LogP contribution in [-0.4, -0.2) is 47.1 Å². The summed E-state index contributed by atoms with van der Waals surface area (Å²) in [4.78, 5) is 16.2. The SMILES string of the molecule is O=C(c1ccccc1)[C@@H]1[C@@H](N2CCCCCC2)CCC[C@@]1(O)COCc1ccccc1. The van der Waals surface area contributed by atoms with Crippen molar-refractivity contribution in [1.82, 2.24) is 4.90 Å². The Labute approximate surface area is 186 Å². The topological polar surface area (TPSA) is 49.8 Å². The number of hydrogen-bond donors (Lipinski definition) is 1. The summed E-state index contributed by atoms with van der Waals surface area (Å²) in [7, 11) is 0. The van der Waals surface area contributed by atoms with Crippen molar-refractivity contribution < 1.29 is 14.6 Å². The first-order chi connectivity index (χ1) is 15.2. The number of aliphatic hydroxyl groups is 1. The molecule has 1 saturated carbocycles. The van der Waals surface area contributed by atoms with E-state index in [4.69, 9.17) is 4.74 Å². The molecule has 1 aliphatic heterocycles. The summed E-state index contributed by atoms with van der Waals surface area (Å²) in [6, 6.07) is 19.6. The first kappa shape index (κ1) is 22.2. The lowest BCUT2D eigenvalue weighted by Gasteiger charge is -2.47. The Hall–Kier alpha value is -2.01. The van der Waals surface area contributed by atoms with Gasteiger partial charge in [-0.2, -0.15) is 0 Å². The van der Waals surface area contributed by atoms with Crippen molar-refractivity contribution in [3.8, 4) is 0 Å². The molecular formula is C27H35NO3. The number of carbonyl (C=O) groups excluding carboxylic acids is 1. The predicted octanol–water partition coefficient (Wildman–Crippen LogP) is 4.86. The predicted molar refractivity (Wildman–Crippen MR) is 123 cm³/mol. The molecule has 2 aromatic carbocycles. The van der Waals surface area contributed by atoms with Gasteiger partial charge in [0.2, 0.25) is 0 Å². The quantitative estimate of drug-likeness (QED) is 0.649. The van der Waals surface area contributed by atoms with Crippen LogP contribution < -0.4 is 0 Å². The zero-order valence-corrected chi connectivity index (χ0v) is 18.4. The summed E-state index contributed by atoms with van der Waals surface area (Å²) in [5, 5.41) is 11.8. The summed E-state index contributed by atoms with van der Waals surface area (Å²) >= 11 is 0. The van der Waals surface area contributed by atoms with Gasteiger partial charge in [0.25, 0.3) is 0 Å². The lowest BCUT2D eigenvalue weighted by Crippen LogP contribution is -2.59. The van der Waals surface area contributed by atoms with E-state index >= 15 is 0 Å². The van der Waals surface area contributed by atoms with Gasteiger partial charge in [-0.25, -0.2) is 0 Å². The van der Waals surface area contributed by atoms with E-state index in [1.54, 1.807) is 0 Å². The Morgan fingerprint density at radius 2 is 1.58 bits per heavy atom. The molecule has 0 unspecified atom stereocenters. The van der Waals surface area contributed by atoms with Gasteiger partial charge < -0.3 is 9.84 Å². The number of Topliss-reactive ketones (excluding diaryl/α,β-unsaturated/α-hetero) is 1. The molecule has 1 saturated heterocycles. The van der Waals surface area contributed by atoms with Gasteiger partial charge in [0.05, 0.1) is 24.7 Å². The number of ketones is 1. The van der Waals surface area contributed by atoms with E-state index in [1.807, 2.05) is 60.7 Å². The lowest BCUT2D eigenvalue weighted by molar-refractivity contribution is -0.119. The third kappa shape index (κ3) is 5.43. The van der Waals surface area contributed by atoms with E-state index in [0.717, 1.165) is 31.5 Å². The van der Waals surface area contributed by atoms with Crippen LogP contribution in [0.2, 0.25) is 0 Å². The molecule has 2 fully saturated rings. The maximum atomic E-state index is 13.7. The summed E-state index contributed by atoms with van der Waals surface area (Å²) in [5.41, 5.74) is 0.629. The molecule has 0 aromatic heterocycles. The molecule has 4 rings (SSSR count). The van der Waals surface area contributed by atoms with Crippen LogP contribution in [0.5, 0.6) is 0 Å². The van der Waals surface area contributed by atoms with E-state index in [9.17, 15) is 9.90 Å². The lowest BCUT2D eigenvalue weighted by atomic mass is 9.68. The minimum atomic E-state index is -1.14. The second kappa shape index (κ2) is 10.5. The molecule has 0 spiro atoms. The molecule has 4 nitrogen and oxygen atoms in total. The highest BCUT2D eigenvalue weighted by molar-refractivity contribution is 5.99. The molecule has 1 aliphatic carbocycles. The van der Waals surface area contributed by atoms with Crippen molar-refractivity contribution in [2.75, 3.05) is 19.7 Å². The van der Waals surface area contributed by atoms with Crippen molar-refractivity contribution in [2.45, 2.75) is 63.2 Å². The second-order valence-corrected chi connectivity index (χ2v) is 9.20. The normalized spacial score (nSPS) is 27.5. The van der Waals surface area contributed by atoms with Gasteiger partial charge in [-0.3, -0.25) is 9.69 Å². The molecular weight excluding hydrogens is 386 g/mol. The molecule has 1 N–H and O–H groups in total. The molecule has 1 heterocycles. The Morgan fingerprint density at radius 3 is 2.26 bits per heavy atom. The van der Waals surface area contributed by atoms with Gasteiger partial charge in [0.1, 0.15) is 0 Å². The highest BCUT2D eigenvalue weighted by atomic mass is 16.5. The monoisotopic (exact) mass is 421 g/mol. The van der Waals surface area contributed by atoms with E-state index in [1.165, 1.54) is 25.7 Å². The zero-order chi connectivity index (χ0) is 21.5. The van der Waals surface area contributed by atoms with Crippen LogP contribution in [-0.2, 0) is 11.3 Å². The van der Waals surface area contributed by atoms with Gasteiger partial charge in [-0.1, -0.05) is 73.5 Å².